The molecule has 0 radical (unpaired) electrons. The predicted octanol–water partition coefficient (Wildman–Crippen LogP) is 3.22. The summed E-state index contributed by atoms with van der Waals surface area (Å²) < 4.78 is 0. The Kier molecular flexibility index (Phi) is 6.37. The van der Waals surface area contributed by atoms with E-state index in [0.717, 1.165) is 18.2 Å². The van der Waals surface area contributed by atoms with Crippen LogP contribution in [0.1, 0.15) is 39.0 Å². The number of rotatable bonds is 6. The first-order valence-electron chi connectivity index (χ1n) is 5.84. The van der Waals surface area contributed by atoms with Crippen LogP contribution >= 0.6 is 11.8 Å². The third-order valence-electron chi connectivity index (χ3n) is 2.81. The van der Waals surface area contributed by atoms with Gasteiger partial charge in [-0.25, -0.2) is 0 Å². The number of nitrogens with one attached hydrogen (secondary N) is 1. The van der Waals surface area contributed by atoms with E-state index in [2.05, 4.69) is 30.6 Å². The Balaban J connectivity index is 2.33. The molecule has 2 atom stereocenters. The normalized spacial score (nSPS) is 24.5. The van der Waals surface area contributed by atoms with Gasteiger partial charge in [-0.05, 0) is 38.0 Å². The summed E-state index contributed by atoms with van der Waals surface area (Å²) in [5.41, 5.74) is 0. The van der Waals surface area contributed by atoms with E-state index in [4.69, 9.17) is 0 Å². The van der Waals surface area contributed by atoms with Crippen molar-refractivity contribution >= 4 is 11.8 Å². The fraction of sp³-hybridized carbons (Fsp3) is 0.833. The molecule has 2 unspecified atom stereocenters. The topological polar surface area (TPSA) is 12.0 Å². The summed E-state index contributed by atoms with van der Waals surface area (Å²) in [5.74, 6) is 1.36. The molecule has 0 aromatic carbocycles. The van der Waals surface area contributed by atoms with Crippen LogP contribution in [-0.4, -0.2) is 23.6 Å². The SMILES string of the molecule is C=CCCC(NCC)C1CCCCS1. The molecule has 1 aliphatic heterocycles. The van der Waals surface area contributed by atoms with E-state index < -0.39 is 0 Å². The zero-order chi connectivity index (χ0) is 10.2. The Morgan fingerprint density at radius 1 is 1.57 bits per heavy atom. The van der Waals surface area contributed by atoms with Crippen molar-refractivity contribution in [2.75, 3.05) is 12.3 Å². The fourth-order valence-corrected chi connectivity index (χ4v) is 3.53. The Bertz CT molecular complexity index is 152. The summed E-state index contributed by atoms with van der Waals surface area (Å²) in [6, 6.07) is 0.711. The Labute approximate surface area is 92.7 Å². The molecule has 1 fully saturated rings. The summed E-state index contributed by atoms with van der Waals surface area (Å²) in [7, 11) is 0. The van der Waals surface area contributed by atoms with E-state index in [9.17, 15) is 0 Å². The minimum Gasteiger partial charge on any atom is -0.313 e. The largest absolute Gasteiger partial charge is 0.313 e. The summed E-state index contributed by atoms with van der Waals surface area (Å²) >= 11 is 2.16. The molecule has 82 valence electrons. The molecule has 0 spiro atoms. The van der Waals surface area contributed by atoms with Gasteiger partial charge in [0, 0.05) is 11.3 Å². The molecule has 0 aromatic rings. The van der Waals surface area contributed by atoms with E-state index >= 15 is 0 Å². The van der Waals surface area contributed by atoms with Crippen LogP contribution in [0, 0.1) is 0 Å². The zero-order valence-electron chi connectivity index (χ0n) is 9.30. The molecule has 0 aromatic heterocycles. The van der Waals surface area contributed by atoms with Crippen molar-refractivity contribution in [3.05, 3.63) is 12.7 Å². The molecule has 1 saturated heterocycles. The standard InChI is InChI=1S/C12H23NS/c1-3-5-8-11(13-4-2)12-9-6-7-10-14-12/h3,11-13H,1,4-10H2,2H3. The molecular weight excluding hydrogens is 190 g/mol. The van der Waals surface area contributed by atoms with Gasteiger partial charge in [-0.15, -0.1) is 6.58 Å². The molecule has 0 saturated carbocycles. The monoisotopic (exact) mass is 213 g/mol. The maximum absolute atomic E-state index is 3.80. The van der Waals surface area contributed by atoms with Crippen molar-refractivity contribution in [1.29, 1.82) is 0 Å². The third-order valence-corrected chi connectivity index (χ3v) is 4.33. The van der Waals surface area contributed by atoms with Gasteiger partial charge in [0.05, 0.1) is 0 Å². The first-order chi connectivity index (χ1) is 6.88. The number of allylic oxidation sites excluding steroid dienone is 1. The maximum atomic E-state index is 3.80. The minimum atomic E-state index is 0.711. The molecule has 2 heteroatoms. The average molecular weight is 213 g/mol. The molecular formula is C12H23NS. The molecule has 0 bridgehead atoms. The first-order valence-corrected chi connectivity index (χ1v) is 6.89. The van der Waals surface area contributed by atoms with Crippen LogP contribution < -0.4 is 5.32 Å². The lowest BCUT2D eigenvalue weighted by molar-refractivity contribution is 0.452. The van der Waals surface area contributed by atoms with E-state index in [1.165, 1.54) is 31.4 Å². The molecule has 0 aliphatic carbocycles. The summed E-state index contributed by atoms with van der Waals surface area (Å²) in [6.45, 7) is 7.10. The van der Waals surface area contributed by atoms with E-state index in [-0.39, 0.29) is 0 Å². The Morgan fingerprint density at radius 2 is 2.43 bits per heavy atom. The average Bonchev–Trinajstić information content (AvgIpc) is 2.25. The van der Waals surface area contributed by atoms with Crippen LogP contribution in [0.25, 0.3) is 0 Å². The maximum Gasteiger partial charge on any atom is 0.0201 e. The minimum absolute atomic E-state index is 0.711. The lowest BCUT2D eigenvalue weighted by Gasteiger charge is -2.30. The van der Waals surface area contributed by atoms with Gasteiger partial charge in [0.2, 0.25) is 0 Å². The summed E-state index contributed by atoms with van der Waals surface area (Å²) in [5, 5.41) is 4.47. The lowest BCUT2D eigenvalue weighted by atomic mass is 10.0. The van der Waals surface area contributed by atoms with Crippen molar-refractivity contribution in [3.8, 4) is 0 Å². The predicted molar refractivity (Wildman–Crippen MR) is 67.0 cm³/mol. The number of hydrogen-bond donors (Lipinski definition) is 1. The van der Waals surface area contributed by atoms with Gasteiger partial charge in [-0.2, -0.15) is 11.8 Å². The molecule has 14 heavy (non-hydrogen) atoms. The zero-order valence-corrected chi connectivity index (χ0v) is 10.1. The van der Waals surface area contributed by atoms with Crippen molar-refractivity contribution in [2.45, 2.75) is 50.3 Å². The highest BCUT2D eigenvalue weighted by Gasteiger charge is 2.22. The quantitative estimate of drug-likeness (QED) is 0.680. The van der Waals surface area contributed by atoms with Crippen molar-refractivity contribution < 1.29 is 0 Å². The summed E-state index contributed by atoms with van der Waals surface area (Å²) in [6.07, 6.45) is 8.69. The van der Waals surface area contributed by atoms with E-state index in [1.54, 1.807) is 0 Å². The van der Waals surface area contributed by atoms with Crippen molar-refractivity contribution in [2.24, 2.45) is 0 Å². The first kappa shape index (κ1) is 12.1. The second-order valence-electron chi connectivity index (χ2n) is 3.94. The van der Waals surface area contributed by atoms with Gasteiger partial charge in [-0.3, -0.25) is 0 Å². The van der Waals surface area contributed by atoms with Crippen LogP contribution in [0.2, 0.25) is 0 Å². The molecule has 0 amide bonds. The van der Waals surface area contributed by atoms with Gasteiger partial charge < -0.3 is 5.32 Å². The van der Waals surface area contributed by atoms with Crippen LogP contribution in [0.5, 0.6) is 0 Å². The highest BCUT2D eigenvalue weighted by atomic mass is 32.2. The Morgan fingerprint density at radius 3 is 3.00 bits per heavy atom. The Hall–Kier alpha value is 0.0500. The second kappa shape index (κ2) is 7.36. The van der Waals surface area contributed by atoms with Crippen LogP contribution in [-0.2, 0) is 0 Å². The van der Waals surface area contributed by atoms with Crippen LogP contribution in [0.3, 0.4) is 0 Å². The number of thioether (sulfide) groups is 1. The fourth-order valence-electron chi connectivity index (χ4n) is 2.06. The third kappa shape index (κ3) is 4.05. The molecule has 1 heterocycles. The van der Waals surface area contributed by atoms with E-state index in [1.807, 2.05) is 6.08 Å². The van der Waals surface area contributed by atoms with Crippen LogP contribution in [0.15, 0.2) is 12.7 Å². The van der Waals surface area contributed by atoms with Crippen molar-refractivity contribution in [1.82, 2.24) is 5.32 Å². The van der Waals surface area contributed by atoms with Gasteiger partial charge in [0.25, 0.3) is 0 Å². The highest BCUT2D eigenvalue weighted by molar-refractivity contribution is 8.00. The smallest absolute Gasteiger partial charge is 0.0201 e. The van der Waals surface area contributed by atoms with Gasteiger partial charge in [-0.1, -0.05) is 19.4 Å². The van der Waals surface area contributed by atoms with Crippen molar-refractivity contribution in [3.63, 3.8) is 0 Å². The second-order valence-corrected chi connectivity index (χ2v) is 5.28. The van der Waals surface area contributed by atoms with Gasteiger partial charge in [0.15, 0.2) is 0 Å². The van der Waals surface area contributed by atoms with Gasteiger partial charge >= 0.3 is 0 Å². The number of hydrogen-bond acceptors (Lipinski definition) is 2. The molecule has 1 nitrogen and oxygen atoms in total. The summed E-state index contributed by atoms with van der Waals surface area (Å²) in [4.78, 5) is 0. The molecule has 1 N–H and O–H groups in total. The molecule has 1 rings (SSSR count). The lowest BCUT2D eigenvalue weighted by Crippen LogP contribution is -2.39. The van der Waals surface area contributed by atoms with Crippen LogP contribution in [0.4, 0.5) is 0 Å². The molecule has 1 aliphatic rings. The van der Waals surface area contributed by atoms with Gasteiger partial charge in [0.1, 0.15) is 0 Å². The highest BCUT2D eigenvalue weighted by Crippen LogP contribution is 2.29. The van der Waals surface area contributed by atoms with E-state index in [0.29, 0.717) is 6.04 Å².